The second-order valence-electron chi connectivity index (χ2n) is 5.49. The van der Waals surface area contributed by atoms with Crippen LogP contribution in [-0.2, 0) is 14.9 Å². The summed E-state index contributed by atoms with van der Waals surface area (Å²) in [6, 6.07) is 9.74. The minimum atomic E-state index is -0.603. The lowest BCUT2D eigenvalue weighted by atomic mass is 9.84. The molecule has 0 spiro atoms. The molecule has 0 fully saturated rings. The molecule has 0 aliphatic heterocycles. The number of rotatable bonds is 4. The van der Waals surface area contributed by atoms with Crippen LogP contribution >= 0.6 is 0 Å². The van der Waals surface area contributed by atoms with Crippen molar-refractivity contribution >= 4 is 5.97 Å². The summed E-state index contributed by atoms with van der Waals surface area (Å²) < 4.78 is 5.57. The van der Waals surface area contributed by atoms with E-state index >= 15 is 0 Å². The second-order valence-corrected chi connectivity index (χ2v) is 5.49. The summed E-state index contributed by atoms with van der Waals surface area (Å²) in [5.74, 6) is -0.171. The molecule has 94 valence electrons. The minimum absolute atomic E-state index is 0.171. The quantitative estimate of drug-likeness (QED) is 0.743. The van der Waals surface area contributed by atoms with Crippen molar-refractivity contribution in [2.45, 2.75) is 52.1 Å². The smallest absolute Gasteiger partial charge is 0.316 e. The summed E-state index contributed by atoms with van der Waals surface area (Å²) >= 11 is 0. The van der Waals surface area contributed by atoms with Gasteiger partial charge in [-0.25, -0.2) is 0 Å². The van der Waals surface area contributed by atoms with Crippen LogP contribution < -0.4 is 0 Å². The highest BCUT2D eigenvalue weighted by Crippen LogP contribution is 2.27. The highest BCUT2D eigenvalue weighted by Gasteiger charge is 2.34. The van der Waals surface area contributed by atoms with Gasteiger partial charge in [0, 0.05) is 0 Å². The number of esters is 1. The molecule has 0 N–H and O–H groups in total. The van der Waals surface area contributed by atoms with E-state index in [4.69, 9.17) is 4.74 Å². The molecule has 1 rings (SSSR count). The molecule has 0 radical (unpaired) electrons. The lowest BCUT2D eigenvalue weighted by molar-refractivity contribution is -0.162. The van der Waals surface area contributed by atoms with Crippen molar-refractivity contribution in [1.82, 2.24) is 0 Å². The first-order valence-corrected chi connectivity index (χ1v) is 6.08. The van der Waals surface area contributed by atoms with Crippen LogP contribution in [0.5, 0.6) is 0 Å². The van der Waals surface area contributed by atoms with Crippen LogP contribution in [0.1, 0.15) is 46.6 Å². The molecule has 0 unspecified atom stereocenters. The SMILES string of the molecule is CCC(C)(C)OC(=O)C(C)(C)c1ccccc1. The fourth-order valence-corrected chi connectivity index (χ4v) is 1.42. The zero-order chi connectivity index (χ0) is 13.1. The molecular weight excluding hydrogens is 212 g/mol. The molecule has 0 atom stereocenters. The van der Waals surface area contributed by atoms with Crippen LogP contribution in [0.25, 0.3) is 0 Å². The Bertz CT molecular complexity index is 377. The monoisotopic (exact) mass is 234 g/mol. The molecular formula is C15H22O2. The predicted octanol–water partition coefficient (Wildman–Crippen LogP) is 3.70. The van der Waals surface area contributed by atoms with Crippen LogP contribution in [0.3, 0.4) is 0 Å². The summed E-state index contributed by atoms with van der Waals surface area (Å²) in [6.07, 6.45) is 0.809. The minimum Gasteiger partial charge on any atom is -0.459 e. The molecule has 0 saturated heterocycles. The first-order valence-electron chi connectivity index (χ1n) is 6.08. The highest BCUT2D eigenvalue weighted by molar-refractivity contribution is 5.82. The van der Waals surface area contributed by atoms with Crippen molar-refractivity contribution in [2.75, 3.05) is 0 Å². The predicted molar refractivity (Wildman–Crippen MR) is 69.9 cm³/mol. The van der Waals surface area contributed by atoms with E-state index in [1.807, 2.05) is 65.0 Å². The van der Waals surface area contributed by atoms with E-state index in [2.05, 4.69) is 0 Å². The highest BCUT2D eigenvalue weighted by atomic mass is 16.6. The molecule has 0 bridgehead atoms. The molecule has 0 aromatic heterocycles. The zero-order valence-electron chi connectivity index (χ0n) is 11.4. The maximum absolute atomic E-state index is 12.2. The maximum Gasteiger partial charge on any atom is 0.316 e. The Morgan fingerprint density at radius 1 is 1.12 bits per heavy atom. The molecule has 0 amide bonds. The van der Waals surface area contributed by atoms with Crippen molar-refractivity contribution < 1.29 is 9.53 Å². The molecule has 1 aromatic rings. The average Bonchev–Trinajstić information content (AvgIpc) is 2.29. The summed E-state index contributed by atoms with van der Waals surface area (Å²) in [5.41, 5.74) is -0.0199. The van der Waals surface area contributed by atoms with Gasteiger partial charge in [0.1, 0.15) is 5.60 Å². The van der Waals surface area contributed by atoms with Crippen molar-refractivity contribution in [3.63, 3.8) is 0 Å². The van der Waals surface area contributed by atoms with Gasteiger partial charge in [-0.05, 0) is 39.7 Å². The van der Waals surface area contributed by atoms with E-state index in [1.165, 1.54) is 0 Å². The zero-order valence-corrected chi connectivity index (χ0v) is 11.4. The van der Waals surface area contributed by atoms with E-state index in [0.29, 0.717) is 0 Å². The fourth-order valence-electron chi connectivity index (χ4n) is 1.42. The van der Waals surface area contributed by atoms with Crippen molar-refractivity contribution in [3.8, 4) is 0 Å². The topological polar surface area (TPSA) is 26.3 Å². The van der Waals surface area contributed by atoms with Gasteiger partial charge in [0.25, 0.3) is 0 Å². The molecule has 1 aromatic carbocycles. The molecule has 0 saturated carbocycles. The lowest BCUT2D eigenvalue weighted by Gasteiger charge is -2.30. The standard InChI is InChI=1S/C15H22O2/c1-6-14(2,3)17-13(16)15(4,5)12-10-8-7-9-11-12/h7-11H,6H2,1-5H3. The number of hydrogen-bond donors (Lipinski definition) is 0. The van der Waals surface area contributed by atoms with Gasteiger partial charge in [-0.3, -0.25) is 4.79 Å². The molecule has 2 heteroatoms. The normalized spacial score (nSPS) is 12.3. The van der Waals surface area contributed by atoms with Gasteiger partial charge < -0.3 is 4.74 Å². The fraction of sp³-hybridized carbons (Fsp3) is 0.533. The maximum atomic E-state index is 12.2. The third-order valence-corrected chi connectivity index (χ3v) is 3.23. The Kier molecular flexibility index (Phi) is 3.97. The van der Waals surface area contributed by atoms with Crippen LogP contribution in [0.15, 0.2) is 30.3 Å². The summed E-state index contributed by atoms with van der Waals surface area (Å²) in [5, 5.41) is 0. The van der Waals surface area contributed by atoms with Crippen LogP contribution in [0, 0.1) is 0 Å². The number of ether oxygens (including phenoxy) is 1. The van der Waals surface area contributed by atoms with E-state index in [0.717, 1.165) is 12.0 Å². The van der Waals surface area contributed by atoms with E-state index < -0.39 is 11.0 Å². The third kappa shape index (κ3) is 3.32. The number of carbonyl (C=O) groups excluding carboxylic acids is 1. The molecule has 0 heterocycles. The van der Waals surface area contributed by atoms with E-state index in [1.54, 1.807) is 0 Å². The summed E-state index contributed by atoms with van der Waals surface area (Å²) in [6.45, 7) is 9.69. The number of benzene rings is 1. The Morgan fingerprint density at radius 2 is 1.65 bits per heavy atom. The van der Waals surface area contributed by atoms with Gasteiger partial charge >= 0.3 is 5.97 Å². The largest absolute Gasteiger partial charge is 0.459 e. The molecule has 0 aliphatic carbocycles. The first-order chi connectivity index (χ1) is 7.79. The first kappa shape index (κ1) is 13.8. The van der Waals surface area contributed by atoms with E-state index in [9.17, 15) is 4.79 Å². The summed E-state index contributed by atoms with van der Waals surface area (Å²) in [7, 11) is 0. The Morgan fingerprint density at radius 3 is 2.12 bits per heavy atom. The second kappa shape index (κ2) is 4.91. The van der Waals surface area contributed by atoms with E-state index in [-0.39, 0.29) is 5.97 Å². The Balaban J connectivity index is 2.88. The van der Waals surface area contributed by atoms with Gasteiger partial charge in [0.05, 0.1) is 5.41 Å². The van der Waals surface area contributed by atoms with Gasteiger partial charge in [0.15, 0.2) is 0 Å². The van der Waals surface area contributed by atoms with Crippen LogP contribution in [-0.4, -0.2) is 11.6 Å². The van der Waals surface area contributed by atoms with Gasteiger partial charge in [0.2, 0.25) is 0 Å². The molecule has 0 aliphatic rings. The molecule has 2 nitrogen and oxygen atoms in total. The van der Waals surface area contributed by atoms with Gasteiger partial charge in [-0.2, -0.15) is 0 Å². The molecule has 17 heavy (non-hydrogen) atoms. The third-order valence-electron chi connectivity index (χ3n) is 3.23. The van der Waals surface area contributed by atoms with Gasteiger partial charge in [-0.1, -0.05) is 37.3 Å². The summed E-state index contributed by atoms with van der Waals surface area (Å²) in [4.78, 5) is 12.2. The van der Waals surface area contributed by atoms with Crippen molar-refractivity contribution in [2.24, 2.45) is 0 Å². The van der Waals surface area contributed by atoms with Crippen LogP contribution in [0.2, 0.25) is 0 Å². The number of carbonyl (C=O) groups is 1. The van der Waals surface area contributed by atoms with Crippen molar-refractivity contribution in [1.29, 1.82) is 0 Å². The Labute approximate surface area is 104 Å². The average molecular weight is 234 g/mol. The lowest BCUT2D eigenvalue weighted by Crippen LogP contribution is -2.37. The number of hydrogen-bond acceptors (Lipinski definition) is 2. The van der Waals surface area contributed by atoms with Crippen LogP contribution in [0.4, 0.5) is 0 Å². The Hall–Kier alpha value is -1.31. The van der Waals surface area contributed by atoms with Gasteiger partial charge in [-0.15, -0.1) is 0 Å². The van der Waals surface area contributed by atoms with Crippen molar-refractivity contribution in [3.05, 3.63) is 35.9 Å².